The Morgan fingerprint density at radius 1 is 1.33 bits per heavy atom. The van der Waals surface area contributed by atoms with Gasteiger partial charge in [0, 0.05) is 23.2 Å². The topological polar surface area (TPSA) is 41.5 Å². The molecule has 0 aliphatic carbocycles. The van der Waals surface area contributed by atoms with Crippen molar-refractivity contribution in [3.05, 3.63) is 22.7 Å². The van der Waals surface area contributed by atoms with Crippen LogP contribution in [0.15, 0.2) is 12.1 Å². The lowest BCUT2D eigenvalue weighted by Gasteiger charge is -2.15. The SMILES string of the molecule is CCC(CC)CNCc1cc(Cl)cc(OC)c1O. The first kappa shape index (κ1) is 15.1. The predicted octanol–water partition coefficient (Wildman–Crippen LogP) is 3.58. The Hall–Kier alpha value is -0.930. The van der Waals surface area contributed by atoms with Crippen LogP contribution in [-0.4, -0.2) is 18.8 Å². The molecule has 0 fully saturated rings. The molecule has 4 heteroatoms. The van der Waals surface area contributed by atoms with E-state index in [0.29, 0.717) is 23.2 Å². The smallest absolute Gasteiger partial charge is 0.162 e. The second-order valence-electron chi connectivity index (χ2n) is 4.43. The largest absolute Gasteiger partial charge is 0.504 e. The zero-order valence-corrected chi connectivity index (χ0v) is 12.0. The van der Waals surface area contributed by atoms with Gasteiger partial charge in [0.25, 0.3) is 0 Å². The van der Waals surface area contributed by atoms with Crippen LogP contribution in [0.5, 0.6) is 11.5 Å². The zero-order valence-electron chi connectivity index (χ0n) is 11.3. The lowest BCUT2D eigenvalue weighted by Crippen LogP contribution is -2.21. The zero-order chi connectivity index (χ0) is 13.5. The molecule has 3 nitrogen and oxygen atoms in total. The fraction of sp³-hybridized carbons (Fsp3) is 0.571. The maximum atomic E-state index is 9.97. The number of benzene rings is 1. The van der Waals surface area contributed by atoms with Crippen LogP contribution in [0.1, 0.15) is 32.3 Å². The Kier molecular flexibility index (Phi) is 6.30. The van der Waals surface area contributed by atoms with E-state index in [1.54, 1.807) is 12.1 Å². The summed E-state index contributed by atoms with van der Waals surface area (Å²) < 4.78 is 5.07. The molecule has 1 rings (SSSR count). The molecule has 0 heterocycles. The molecule has 102 valence electrons. The molecule has 0 amide bonds. The minimum Gasteiger partial charge on any atom is -0.504 e. The second kappa shape index (κ2) is 7.49. The van der Waals surface area contributed by atoms with E-state index < -0.39 is 0 Å². The average molecular weight is 272 g/mol. The summed E-state index contributed by atoms with van der Waals surface area (Å²) in [6.45, 7) is 5.92. The normalized spacial score (nSPS) is 10.9. The van der Waals surface area contributed by atoms with Gasteiger partial charge in [-0.05, 0) is 18.5 Å². The highest BCUT2D eigenvalue weighted by Crippen LogP contribution is 2.33. The van der Waals surface area contributed by atoms with E-state index in [2.05, 4.69) is 19.2 Å². The first-order chi connectivity index (χ1) is 8.62. The van der Waals surface area contributed by atoms with Gasteiger partial charge in [0.15, 0.2) is 11.5 Å². The molecule has 2 N–H and O–H groups in total. The molecule has 0 radical (unpaired) electrons. The van der Waals surface area contributed by atoms with Crippen LogP contribution >= 0.6 is 11.6 Å². The maximum absolute atomic E-state index is 9.97. The Balaban J connectivity index is 2.64. The molecule has 1 aromatic carbocycles. The van der Waals surface area contributed by atoms with E-state index in [-0.39, 0.29) is 5.75 Å². The third kappa shape index (κ3) is 4.07. The van der Waals surface area contributed by atoms with Gasteiger partial charge in [-0.15, -0.1) is 0 Å². The minimum atomic E-state index is 0.166. The van der Waals surface area contributed by atoms with E-state index in [1.165, 1.54) is 7.11 Å². The van der Waals surface area contributed by atoms with Crippen LogP contribution in [-0.2, 0) is 6.54 Å². The monoisotopic (exact) mass is 271 g/mol. The molecule has 0 saturated heterocycles. The van der Waals surface area contributed by atoms with Crippen LogP contribution in [0.2, 0.25) is 5.02 Å². The van der Waals surface area contributed by atoms with Crippen LogP contribution in [0, 0.1) is 5.92 Å². The van der Waals surface area contributed by atoms with Crippen molar-refractivity contribution in [2.45, 2.75) is 33.2 Å². The number of rotatable bonds is 7. The third-order valence-electron chi connectivity index (χ3n) is 3.24. The van der Waals surface area contributed by atoms with Gasteiger partial charge in [0.05, 0.1) is 7.11 Å². The highest BCUT2D eigenvalue weighted by Gasteiger charge is 2.10. The van der Waals surface area contributed by atoms with Gasteiger partial charge in [-0.3, -0.25) is 0 Å². The number of hydrogen-bond acceptors (Lipinski definition) is 3. The van der Waals surface area contributed by atoms with Crippen molar-refractivity contribution in [3.63, 3.8) is 0 Å². The van der Waals surface area contributed by atoms with Crippen LogP contribution < -0.4 is 10.1 Å². The summed E-state index contributed by atoms with van der Waals surface area (Å²) in [6, 6.07) is 3.38. The summed E-state index contributed by atoms with van der Waals surface area (Å²) in [5.41, 5.74) is 0.769. The van der Waals surface area contributed by atoms with Crippen LogP contribution in [0.3, 0.4) is 0 Å². The van der Waals surface area contributed by atoms with Crippen LogP contribution in [0.25, 0.3) is 0 Å². The van der Waals surface area contributed by atoms with Crippen molar-refractivity contribution in [1.82, 2.24) is 5.32 Å². The van der Waals surface area contributed by atoms with Gasteiger partial charge >= 0.3 is 0 Å². The molecule has 0 saturated carbocycles. The summed E-state index contributed by atoms with van der Waals surface area (Å²) >= 11 is 5.98. The molecule has 0 aliphatic heterocycles. The number of halogens is 1. The van der Waals surface area contributed by atoms with Crippen molar-refractivity contribution in [1.29, 1.82) is 0 Å². The number of aromatic hydroxyl groups is 1. The van der Waals surface area contributed by atoms with Crippen molar-refractivity contribution in [2.24, 2.45) is 5.92 Å². The molecule has 0 aliphatic rings. The van der Waals surface area contributed by atoms with Crippen molar-refractivity contribution < 1.29 is 9.84 Å². The van der Waals surface area contributed by atoms with E-state index in [0.717, 1.165) is 24.9 Å². The van der Waals surface area contributed by atoms with Gasteiger partial charge < -0.3 is 15.2 Å². The highest BCUT2D eigenvalue weighted by molar-refractivity contribution is 6.30. The lowest BCUT2D eigenvalue weighted by atomic mass is 10.0. The minimum absolute atomic E-state index is 0.166. The molecular formula is C14H22ClNO2. The molecule has 0 spiro atoms. The number of methoxy groups -OCH3 is 1. The Morgan fingerprint density at radius 2 is 2.00 bits per heavy atom. The molecular weight excluding hydrogens is 250 g/mol. The summed E-state index contributed by atoms with van der Waals surface area (Å²) in [5, 5.41) is 13.9. The van der Waals surface area contributed by atoms with Gasteiger partial charge in [-0.2, -0.15) is 0 Å². The van der Waals surface area contributed by atoms with Gasteiger partial charge in [0.2, 0.25) is 0 Å². The molecule has 18 heavy (non-hydrogen) atoms. The van der Waals surface area contributed by atoms with Crippen molar-refractivity contribution >= 4 is 11.6 Å². The second-order valence-corrected chi connectivity index (χ2v) is 4.87. The first-order valence-electron chi connectivity index (χ1n) is 6.38. The highest BCUT2D eigenvalue weighted by atomic mass is 35.5. The van der Waals surface area contributed by atoms with E-state index >= 15 is 0 Å². The first-order valence-corrected chi connectivity index (χ1v) is 6.76. The summed E-state index contributed by atoms with van der Waals surface area (Å²) in [7, 11) is 1.52. The Labute approximate surface area is 114 Å². The van der Waals surface area contributed by atoms with Crippen molar-refractivity contribution in [3.8, 4) is 11.5 Å². The standard InChI is InChI=1S/C14H22ClNO2/c1-4-10(5-2)8-16-9-11-6-12(15)7-13(18-3)14(11)17/h6-7,10,16-17H,4-5,8-9H2,1-3H3. The van der Waals surface area contributed by atoms with Gasteiger partial charge in [0.1, 0.15) is 0 Å². The molecule has 1 aromatic rings. The summed E-state index contributed by atoms with van der Waals surface area (Å²) in [4.78, 5) is 0. The number of phenols is 1. The van der Waals surface area contributed by atoms with E-state index in [4.69, 9.17) is 16.3 Å². The fourth-order valence-corrected chi connectivity index (χ4v) is 2.14. The Bertz CT molecular complexity index is 378. The van der Waals surface area contributed by atoms with E-state index in [1.807, 2.05) is 0 Å². The molecule has 0 aromatic heterocycles. The maximum Gasteiger partial charge on any atom is 0.162 e. The lowest BCUT2D eigenvalue weighted by molar-refractivity contribution is 0.368. The number of phenolic OH excluding ortho intramolecular Hbond substituents is 1. The quantitative estimate of drug-likeness (QED) is 0.796. The van der Waals surface area contributed by atoms with Crippen molar-refractivity contribution in [2.75, 3.05) is 13.7 Å². The van der Waals surface area contributed by atoms with Gasteiger partial charge in [-0.25, -0.2) is 0 Å². The number of nitrogens with one attached hydrogen (secondary N) is 1. The fourth-order valence-electron chi connectivity index (χ4n) is 1.91. The summed E-state index contributed by atoms with van der Waals surface area (Å²) in [6.07, 6.45) is 2.32. The Morgan fingerprint density at radius 3 is 2.56 bits per heavy atom. The predicted molar refractivity (Wildman–Crippen MR) is 75.4 cm³/mol. The summed E-state index contributed by atoms with van der Waals surface area (Å²) in [5.74, 6) is 1.26. The van der Waals surface area contributed by atoms with Gasteiger partial charge in [-0.1, -0.05) is 38.3 Å². The molecule has 0 atom stereocenters. The number of ether oxygens (including phenoxy) is 1. The number of hydrogen-bond donors (Lipinski definition) is 2. The molecule has 0 bridgehead atoms. The van der Waals surface area contributed by atoms with Crippen LogP contribution in [0.4, 0.5) is 0 Å². The average Bonchev–Trinajstić information content (AvgIpc) is 2.38. The molecule has 0 unspecified atom stereocenters. The van der Waals surface area contributed by atoms with E-state index in [9.17, 15) is 5.11 Å². The third-order valence-corrected chi connectivity index (χ3v) is 3.46.